The van der Waals surface area contributed by atoms with Crippen molar-refractivity contribution in [2.75, 3.05) is 20.8 Å². The summed E-state index contributed by atoms with van der Waals surface area (Å²) < 4.78 is 15.1. The molecule has 0 aliphatic heterocycles. The van der Waals surface area contributed by atoms with Gasteiger partial charge in [0.05, 0.1) is 19.1 Å². The van der Waals surface area contributed by atoms with Gasteiger partial charge in [-0.05, 0) is 29.7 Å². The van der Waals surface area contributed by atoms with Crippen LogP contribution in [0.3, 0.4) is 0 Å². The number of ether oxygens (including phenoxy) is 3. The highest BCUT2D eigenvalue weighted by atomic mass is 32.1. The van der Waals surface area contributed by atoms with Crippen LogP contribution >= 0.6 is 11.3 Å². The van der Waals surface area contributed by atoms with Crippen molar-refractivity contribution in [2.24, 2.45) is 0 Å². The minimum atomic E-state index is -0.721. The number of hydrogen-bond acceptors (Lipinski definition) is 7. The van der Waals surface area contributed by atoms with Gasteiger partial charge in [0.15, 0.2) is 6.61 Å². The number of hydrogen-bond donors (Lipinski definition) is 1. The zero-order valence-electron chi connectivity index (χ0n) is 14.2. The Kier molecular flexibility index (Phi) is 6.92. The molecule has 1 N–H and O–H groups in total. The van der Waals surface area contributed by atoms with E-state index in [1.807, 2.05) is 0 Å². The lowest BCUT2D eigenvalue weighted by Gasteiger charge is -2.07. The monoisotopic (exact) mass is 375 g/mol. The topological polar surface area (TPSA) is 90.9 Å². The number of amides is 2. The van der Waals surface area contributed by atoms with Crippen molar-refractivity contribution in [1.29, 1.82) is 0 Å². The van der Waals surface area contributed by atoms with Gasteiger partial charge in [0.25, 0.3) is 11.8 Å². The highest BCUT2D eigenvalue weighted by Gasteiger charge is 2.12. The number of esters is 1. The smallest absolute Gasteiger partial charge is 0.331 e. The summed E-state index contributed by atoms with van der Waals surface area (Å²) >= 11 is 1.21. The Bertz CT molecular complexity index is 813. The van der Waals surface area contributed by atoms with Crippen LogP contribution in [0.4, 0.5) is 0 Å². The van der Waals surface area contributed by atoms with Crippen LogP contribution in [0.25, 0.3) is 6.08 Å². The Morgan fingerprint density at radius 3 is 2.62 bits per heavy atom. The molecule has 0 unspecified atom stereocenters. The van der Waals surface area contributed by atoms with E-state index >= 15 is 0 Å². The third-order valence-corrected chi connectivity index (χ3v) is 4.05. The lowest BCUT2D eigenvalue weighted by atomic mass is 10.2. The van der Waals surface area contributed by atoms with E-state index in [1.165, 1.54) is 37.7 Å². The molecule has 2 aromatic rings. The molecular weight excluding hydrogens is 358 g/mol. The Hall–Kier alpha value is -3.13. The molecule has 8 heteroatoms. The molecule has 0 saturated heterocycles. The first-order valence-electron chi connectivity index (χ1n) is 7.48. The number of methoxy groups -OCH3 is 2. The molecule has 7 nitrogen and oxygen atoms in total. The molecule has 1 heterocycles. The Labute approximate surface area is 154 Å². The summed E-state index contributed by atoms with van der Waals surface area (Å²) in [5.74, 6) is -0.810. The normalized spacial score (nSPS) is 10.4. The average molecular weight is 375 g/mol. The molecule has 1 aromatic carbocycles. The van der Waals surface area contributed by atoms with E-state index in [9.17, 15) is 14.4 Å². The molecule has 0 atom stereocenters. The fourth-order valence-electron chi connectivity index (χ4n) is 1.93. The molecule has 0 saturated carbocycles. The van der Waals surface area contributed by atoms with E-state index in [0.29, 0.717) is 21.9 Å². The second-order valence-electron chi connectivity index (χ2n) is 4.90. The van der Waals surface area contributed by atoms with Gasteiger partial charge in [-0.15, -0.1) is 11.3 Å². The number of carbonyl (C=O) groups excluding carboxylic acids is 3. The number of nitrogens with one attached hydrogen (secondary N) is 1. The van der Waals surface area contributed by atoms with E-state index in [4.69, 9.17) is 14.2 Å². The number of benzene rings is 1. The Morgan fingerprint density at radius 1 is 1.15 bits per heavy atom. The van der Waals surface area contributed by atoms with Crippen molar-refractivity contribution in [3.63, 3.8) is 0 Å². The predicted molar refractivity (Wildman–Crippen MR) is 96.3 cm³/mol. The van der Waals surface area contributed by atoms with Gasteiger partial charge in [-0.2, -0.15) is 0 Å². The summed E-state index contributed by atoms with van der Waals surface area (Å²) in [7, 11) is 3.04. The van der Waals surface area contributed by atoms with Crippen molar-refractivity contribution in [3.8, 4) is 11.5 Å². The first-order chi connectivity index (χ1) is 12.5. The highest BCUT2D eigenvalue weighted by molar-refractivity contribution is 7.12. The average Bonchev–Trinajstić information content (AvgIpc) is 3.19. The number of carbonyl (C=O) groups is 3. The number of thiophene rings is 1. The van der Waals surface area contributed by atoms with Gasteiger partial charge >= 0.3 is 5.97 Å². The molecule has 1 aromatic heterocycles. The van der Waals surface area contributed by atoms with E-state index in [1.54, 1.807) is 35.7 Å². The van der Waals surface area contributed by atoms with E-state index in [0.717, 1.165) is 0 Å². The van der Waals surface area contributed by atoms with Gasteiger partial charge in [0.1, 0.15) is 11.5 Å². The van der Waals surface area contributed by atoms with Gasteiger partial charge in [0, 0.05) is 17.7 Å². The first kappa shape index (κ1) is 19.2. The van der Waals surface area contributed by atoms with Crippen molar-refractivity contribution in [1.82, 2.24) is 5.32 Å². The minimum Gasteiger partial charge on any atom is -0.497 e. The van der Waals surface area contributed by atoms with Gasteiger partial charge < -0.3 is 14.2 Å². The molecule has 0 aliphatic carbocycles. The van der Waals surface area contributed by atoms with E-state index < -0.39 is 24.4 Å². The van der Waals surface area contributed by atoms with Crippen molar-refractivity contribution < 1.29 is 28.6 Å². The Balaban J connectivity index is 1.85. The molecule has 26 heavy (non-hydrogen) atoms. The molecule has 0 fully saturated rings. The van der Waals surface area contributed by atoms with Crippen LogP contribution < -0.4 is 14.8 Å². The molecule has 0 bridgehead atoms. The van der Waals surface area contributed by atoms with Crippen LogP contribution in [-0.4, -0.2) is 38.6 Å². The molecule has 2 amide bonds. The summed E-state index contributed by atoms with van der Waals surface area (Å²) in [5.41, 5.74) is 0.641. The van der Waals surface area contributed by atoms with Gasteiger partial charge in [-0.25, -0.2) is 4.79 Å². The first-order valence-corrected chi connectivity index (χ1v) is 8.36. The third kappa shape index (κ3) is 5.45. The zero-order chi connectivity index (χ0) is 18.9. The van der Waals surface area contributed by atoms with Crippen LogP contribution in [0, 0.1) is 0 Å². The van der Waals surface area contributed by atoms with Crippen LogP contribution in [0.5, 0.6) is 11.5 Å². The molecule has 0 aliphatic rings. The van der Waals surface area contributed by atoms with Crippen molar-refractivity contribution in [3.05, 3.63) is 52.2 Å². The van der Waals surface area contributed by atoms with Crippen LogP contribution in [0.1, 0.15) is 15.2 Å². The number of rotatable bonds is 7. The summed E-state index contributed by atoms with van der Waals surface area (Å²) in [6.45, 7) is -0.556. The summed E-state index contributed by atoms with van der Waals surface area (Å²) in [6.07, 6.45) is 2.66. The fraction of sp³-hybridized carbons (Fsp3) is 0.167. The molecule has 0 radical (unpaired) electrons. The maximum atomic E-state index is 11.7. The Morgan fingerprint density at radius 2 is 1.96 bits per heavy atom. The lowest BCUT2D eigenvalue weighted by Crippen LogP contribution is -2.33. The maximum absolute atomic E-state index is 11.7. The summed E-state index contributed by atoms with van der Waals surface area (Å²) in [6, 6.07) is 8.40. The van der Waals surface area contributed by atoms with Crippen molar-refractivity contribution >= 4 is 35.2 Å². The third-order valence-electron chi connectivity index (χ3n) is 3.18. The highest BCUT2D eigenvalue weighted by Crippen LogP contribution is 2.25. The van der Waals surface area contributed by atoms with Gasteiger partial charge in [-0.1, -0.05) is 6.07 Å². The van der Waals surface area contributed by atoms with Crippen LogP contribution in [-0.2, 0) is 14.3 Å². The SMILES string of the molecule is COc1ccc(/C=C/C(=O)OCC(=O)NC(=O)c2cccs2)c(OC)c1. The van der Waals surface area contributed by atoms with Gasteiger partial charge in [-0.3, -0.25) is 14.9 Å². The second-order valence-corrected chi connectivity index (χ2v) is 5.85. The second kappa shape index (κ2) is 9.38. The fourth-order valence-corrected chi connectivity index (χ4v) is 2.55. The van der Waals surface area contributed by atoms with Gasteiger partial charge in [0.2, 0.25) is 0 Å². The summed E-state index contributed by atoms with van der Waals surface area (Å²) in [4.78, 5) is 35.4. The molecule has 136 valence electrons. The van der Waals surface area contributed by atoms with Crippen LogP contribution in [0.15, 0.2) is 41.8 Å². The lowest BCUT2D eigenvalue weighted by molar-refractivity contribution is -0.143. The minimum absolute atomic E-state index is 0.399. The van der Waals surface area contributed by atoms with Crippen LogP contribution in [0.2, 0.25) is 0 Å². The molecule has 0 spiro atoms. The quantitative estimate of drug-likeness (QED) is 0.590. The van der Waals surface area contributed by atoms with Crippen molar-refractivity contribution in [2.45, 2.75) is 0 Å². The zero-order valence-corrected chi connectivity index (χ0v) is 15.0. The maximum Gasteiger partial charge on any atom is 0.331 e. The standard InChI is InChI=1S/C18H17NO6S/c1-23-13-7-5-12(14(10-13)24-2)6-8-17(21)25-11-16(20)19-18(22)15-4-3-9-26-15/h3-10H,11H2,1-2H3,(H,19,20,22)/b8-6+. The molecule has 2 rings (SSSR count). The van der Waals surface area contributed by atoms with E-state index in [-0.39, 0.29) is 0 Å². The largest absolute Gasteiger partial charge is 0.497 e. The van der Waals surface area contributed by atoms with E-state index in [2.05, 4.69) is 5.32 Å². The predicted octanol–water partition coefficient (Wildman–Crippen LogP) is 2.28. The summed E-state index contributed by atoms with van der Waals surface area (Å²) in [5, 5.41) is 3.86. The number of imide groups is 1. The molecular formula is C18H17NO6S.